The summed E-state index contributed by atoms with van der Waals surface area (Å²) in [5, 5.41) is 2.69. The molecule has 1 aliphatic heterocycles. The first-order chi connectivity index (χ1) is 12.7. The van der Waals surface area contributed by atoms with Crippen molar-refractivity contribution < 1.29 is 27.5 Å². The number of amides is 2. The highest BCUT2D eigenvalue weighted by Crippen LogP contribution is 2.32. The maximum absolute atomic E-state index is 12.4. The van der Waals surface area contributed by atoms with Crippen LogP contribution < -0.4 is 19.5 Å². The third-order valence-electron chi connectivity index (χ3n) is 3.71. The van der Waals surface area contributed by atoms with Gasteiger partial charge in [0.25, 0.3) is 0 Å². The van der Waals surface area contributed by atoms with E-state index in [1.807, 2.05) is 13.8 Å². The van der Waals surface area contributed by atoms with Gasteiger partial charge < -0.3 is 19.7 Å². The topological polar surface area (TPSA) is 114 Å². The highest BCUT2D eigenvalue weighted by Gasteiger charge is 2.20. The molecule has 2 rings (SSSR count). The summed E-state index contributed by atoms with van der Waals surface area (Å²) in [5.41, 5.74) is 0. The summed E-state index contributed by atoms with van der Waals surface area (Å²) in [4.78, 5) is 25.0. The third-order valence-corrected chi connectivity index (χ3v) is 5.17. The van der Waals surface area contributed by atoms with E-state index < -0.39 is 10.0 Å². The van der Waals surface area contributed by atoms with Crippen LogP contribution in [0.3, 0.4) is 0 Å². The first-order valence-electron chi connectivity index (χ1n) is 8.61. The van der Waals surface area contributed by atoms with Crippen molar-refractivity contribution in [3.63, 3.8) is 0 Å². The van der Waals surface area contributed by atoms with Crippen molar-refractivity contribution in [2.75, 3.05) is 33.4 Å². The number of fused-ring (bicyclic) bond motifs is 1. The van der Waals surface area contributed by atoms with Gasteiger partial charge in [-0.2, -0.15) is 0 Å². The van der Waals surface area contributed by atoms with Gasteiger partial charge in [0.1, 0.15) is 13.2 Å². The number of benzene rings is 1. The zero-order valence-electron chi connectivity index (χ0n) is 15.6. The molecule has 2 amide bonds. The average molecular weight is 399 g/mol. The van der Waals surface area contributed by atoms with Gasteiger partial charge in [-0.1, -0.05) is 0 Å². The number of sulfonamides is 1. The van der Waals surface area contributed by atoms with E-state index in [1.165, 1.54) is 30.1 Å². The first kappa shape index (κ1) is 21.0. The van der Waals surface area contributed by atoms with Crippen LogP contribution in [-0.2, 0) is 19.6 Å². The molecule has 1 heterocycles. The van der Waals surface area contributed by atoms with Crippen LogP contribution in [-0.4, -0.2) is 64.5 Å². The van der Waals surface area contributed by atoms with Gasteiger partial charge in [0.15, 0.2) is 11.5 Å². The maximum atomic E-state index is 12.4. The van der Waals surface area contributed by atoms with Gasteiger partial charge in [0.2, 0.25) is 21.8 Å². The van der Waals surface area contributed by atoms with E-state index in [1.54, 1.807) is 0 Å². The number of rotatable bonds is 8. The molecule has 0 radical (unpaired) electrons. The average Bonchev–Trinajstić information content (AvgIpc) is 2.60. The second-order valence-corrected chi connectivity index (χ2v) is 8.19. The van der Waals surface area contributed by atoms with Gasteiger partial charge in [-0.15, -0.1) is 0 Å². The first-order valence-corrected chi connectivity index (χ1v) is 10.1. The van der Waals surface area contributed by atoms with Crippen LogP contribution >= 0.6 is 0 Å². The Bertz CT molecular complexity index is 794. The Morgan fingerprint density at radius 3 is 2.52 bits per heavy atom. The Balaban J connectivity index is 1.86. The summed E-state index contributed by atoms with van der Waals surface area (Å²) in [6, 6.07) is 4.33. The Hall–Kier alpha value is -2.33. The van der Waals surface area contributed by atoms with Gasteiger partial charge in [-0.3, -0.25) is 9.59 Å². The zero-order valence-corrected chi connectivity index (χ0v) is 16.5. The summed E-state index contributed by atoms with van der Waals surface area (Å²) < 4.78 is 37.9. The van der Waals surface area contributed by atoms with Gasteiger partial charge in [0, 0.05) is 32.1 Å². The lowest BCUT2D eigenvalue weighted by Gasteiger charge is -2.19. The normalized spacial score (nSPS) is 13.3. The number of likely N-dealkylation sites (N-methyl/N-ethyl adjacent to an activating group) is 1. The van der Waals surface area contributed by atoms with Crippen LogP contribution in [0, 0.1) is 0 Å². The number of nitrogens with zero attached hydrogens (tertiary/aromatic N) is 1. The van der Waals surface area contributed by atoms with Crippen molar-refractivity contribution in [2.24, 2.45) is 0 Å². The molecule has 1 aliphatic rings. The highest BCUT2D eigenvalue weighted by atomic mass is 32.2. The van der Waals surface area contributed by atoms with Crippen LogP contribution in [0.2, 0.25) is 0 Å². The largest absolute Gasteiger partial charge is 0.486 e. The fraction of sp³-hybridized carbons (Fsp3) is 0.529. The Morgan fingerprint density at radius 1 is 1.19 bits per heavy atom. The van der Waals surface area contributed by atoms with Crippen molar-refractivity contribution >= 4 is 21.8 Å². The number of hydrogen-bond donors (Lipinski definition) is 2. The molecule has 0 atom stereocenters. The van der Waals surface area contributed by atoms with Gasteiger partial charge in [-0.05, 0) is 26.0 Å². The molecule has 0 saturated carbocycles. The van der Waals surface area contributed by atoms with Gasteiger partial charge in [-0.25, -0.2) is 13.1 Å². The summed E-state index contributed by atoms with van der Waals surface area (Å²) in [7, 11) is -2.29. The lowest BCUT2D eigenvalue weighted by atomic mass is 10.3. The molecule has 2 N–H and O–H groups in total. The van der Waals surface area contributed by atoms with Gasteiger partial charge >= 0.3 is 0 Å². The molecule has 0 bridgehead atoms. The minimum Gasteiger partial charge on any atom is -0.486 e. The molecule has 0 spiro atoms. The van der Waals surface area contributed by atoms with E-state index in [2.05, 4.69) is 10.0 Å². The standard InChI is InChI=1S/C17H25N3O6S/c1-12(2)19-16(21)11-20(3)17(22)6-7-18-27(23,24)13-4-5-14-15(10-13)26-9-8-25-14/h4-5,10,12,18H,6-9,11H2,1-3H3,(H,19,21). The number of nitrogens with one attached hydrogen (secondary N) is 2. The number of ether oxygens (including phenoxy) is 2. The minimum atomic E-state index is -3.79. The summed E-state index contributed by atoms with van der Waals surface area (Å²) in [5.74, 6) is 0.268. The lowest BCUT2D eigenvalue weighted by Crippen LogP contribution is -2.41. The highest BCUT2D eigenvalue weighted by molar-refractivity contribution is 7.89. The fourth-order valence-electron chi connectivity index (χ4n) is 2.43. The van der Waals surface area contributed by atoms with Crippen molar-refractivity contribution in [3.05, 3.63) is 18.2 Å². The molecule has 0 unspecified atom stereocenters. The van der Waals surface area contributed by atoms with Crippen LogP contribution in [0.15, 0.2) is 23.1 Å². The summed E-state index contributed by atoms with van der Waals surface area (Å²) in [6.07, 6.45) is -0.0603. The monoisotopic (exact) mass is 399 g/mol. The Kier molecular flexibility index (Phi) is 7.03. The number of carbonyl (C=O) groups excluding carboxylic acids is 2. The molecule has 0 aliphatic carbocycles. The van der Waals surface area contributed by atoms with E-state index in [0.29, 0.717) is 24.7 Å². The molecule has 0 fully saturated rings. The summed E-state index contributed by atoms with van der Waals surface area (Å²) >= 11 is 0. The second kappa shape index (κ2) is 9.05. The van der Waals surface area contributed by atoms with Crippen LogP contribution in [0.25, 0.3) is 0 Å². The van der Waals surface area contributed by atoms with E-state index in [9.17, 15) is 18.0 Å². The van der Waals surface area contributed by atoms with Crippen LogP contribution in [0.4, 0.5) is 0 Å². The van der Waals surface area contributed by atoms with Crippen molar-refractivity contribution in [3.8, 4) is 11.5 Å². The van der Waals surface area contributed by atoms with E-state index >= 15 is 0 Å². The fourth-order valence-corrected chi connectivity index (χ4v) is 3.48. The molecule has 1 aromatic rings. The van der Waals surface area contributed by atoms with E-state index in [-0.39, 0.29) is 42.3 Å². The van der Waals surface area contributed by atoms with Gasteiger partial charge in [0.05, 0.1) is 11.4 Å². The molecular formula is C17H25N3O6S. The Labute approximate surface area is 159 Å². The molecule has 1 aromatic carbocycles. The predicted molar refractivity (Wildman–Crippen MR) is 98.2 cm³/mol. The number of hydrogen-bond acceptors (Lipinski definition) is 6. The number of carbonyl (C=O) groups is 2. The van der Waals surface area contributed by atoms with E-state index in [0.717, 1.165) is 0 Å². The van der Waals surface area contributed by atoms with Crippen LogP contribution in [0.1, 0.15) is 20.3 Å². The molecule has 27 heavy (non-hydrogen) atoms. The molecule has 150 valence electrons. The molecule has 10 heteroatoms. The Morgan fingerprint density at radius 2 is 1.85 bits per heavy atom. The lowest BCUT2D eigenvalue weighted by molar-refractivity contribution is -0.134. The second-order valence-electron chi connectivity index (χ2n) is 6.43. The van der Waals surface area contributed by atoms with Crippen molar-refractivity contribution in [2.45, 2.75) is 31.2 Å². The third kappa shape index (κ3) is 6.10. The predicted octanol–water partition coefficient (Wildman–Crippen LogP) is 0.109. The van der Waals surface area contributed by atoms with Crippen LogP contribution in [0.5, 0.6) is 11.5 Å². The minimum absolute atomic E-state index is 0.0150. The zero-order chi connectivity index (χ0) is 20.0. The molecule has 9 nitrogen and oxygen atoms in total. The van der Waals surface area contributed by atoms with E-state index in [4.69, 9.17) is 9.47 Å². The summed E-state index contributed by atoms with van der Waals surface area (Å²) in [6.45, 7) is 4.27. The van der Waals surface area contributed by atoms with Crippen molar-refractivity contribution in [1.29, 1.82) is 0 Å². The maximum Gasteiger partial charge on any atom is 0.240 e. The smallest absolute Gasteiger partial charge is 0.240 e. The van der Waals surface area contributed by atoms with Crippen molar-refractivity contribution in [1.82, 2.24) is 14.9 Å². The SMILES string of the molecule is CC(C)NC(=O)CN(C)C(=O)CCNS(=O)(=O)c1ccc2c(c1)OCCO2. The molecule has 0 saturated heterocycles. The molecular weight excluding hydrogens is 374 g/mol. The molecule has 0 aromatic heterocycles. The quantitative estimate of drug-likeness (QED) is 0.641.